The van der Waals surface area contributed by atoms with Crippen molar-refractivity contribution in [2.45, 2.75) is 0 Å². The van der Waals surface area contributed by atoms with Gasteiger partial charge < -0.3 is 15.1 Å². The average Bonchev–Trinajstić information content (AvgIpc) is 2.50. The second kappa shape index (κ2) is 4.43. The summed E-state index contributed by atoms with van der Waals surface area (Å²) in [6, 6.07) is 1.62. The molecule has 0 aromatic carbocycles. The Labute approximate surface area is 84.8 Å². The van der Waals surface area contributed by atoms with Crippen molar-refractivity contribution in [1.82, 2.24) is 4.90 Å². The van der Waals surface area contributed by atoms with Crippen LogP contribution in [0.4, 0.5) is 0 Å². The van der Waals surface area contributed by atoms with Crippen LogP contribution in [0.2, 0.25) is 0 Å². The summed E-state index contributed by atoms with van der Waals surface area (Å²) in [6.45, 7) is 0.994. The lowest BCUT2D eigenvalue weighted by Crippen LogP contribution is -2.31. The number of furan rings is 1. The molecule has 0 aliphatic heterocycles. The van der Waals surface area contributed by atoms with Crippen LogP contribution < -0.4 is 5.73 Å². The van der Waals surface area contributed by atoms with E-state index in [1.165, 1.54) is 6.26 Å². The molecular weight excluding hydrogens is 236 g/mol. The lowest BCUT2D eigenvalue weighted by Gasteiger charge is -2.14. The Hall–Kier alpha value is -0.810. The summed E-state index contributed by atoms with van der Waals surface area (Å²) in [7, 11) is 1.70. The van der Waals surface area contributed by atoms with Gasteiger partial charge in [-0.2, -0.15) is 0 Å². The van der Waals surface area contributed by atoms with E-state index in [0.29, 0.717) is 23.3 Å². The number of nitrogens with two attached hydrogens (primary N) is 1. The lowest BCUT2D eigenvalue weighted by molar-refractivity contribution is 0.0797. The SMILES string of the molecule is CN(CCN)C(=O)c1ccoc1Br. The monoisotopic (exact) mass is 246 g/mol. The van der Waals surface area contributed by atoms with Gasteiger partial charge in [-0.3, -0.25) is 4.79 Å². The van der Waals surface area contributed by atoms with Gasteiger partial charge >= 0.3 is 0 Å². The van der Waals surface area contributed by atoms with E-state index in [9.17, 15) is 4.79 Å². The fraction of sp³-hybridized carbons (Fsp3) is 0.375. The molecule has 0 fully saturated rings. The third-order valence-electron chi connectivity index (χ3n) is 1.66. The van der Waals surface area contributed by atoms with E-state index in [-0.39, 0.29) is 5.91 Å². The van der Waals surface area contributed by atoms with Crippen LogP contribution in [0.1, 0.15) is 10.4 Å². The molecule has 0 unspecified atom stereocenters. The summed E-state index contributed by atoms with van der Waals surface area (Å²) in [5.41, 5.74) is 5.85. The highest BCUT2D eigenvalue weighted by atomic mass is 79.9. The fourth-order valence-corrected chi connectivity index (χ4v) is 1.36. The van der Waals surface area contributed by atoms with Crippen LogP contribution in [0, 0.1) is 0 Å². The van der Waals surface area contributed by atoms with Crippen molar-refractivity contribution in [3.63, 3.8) is 0 Å². The van der Waals surface area contributed by atoms with E-state index in [2.05, 4.69) is 15.9 Å². The number of halogens is 1. The number of amides is 1. The standard InChI is InChI=1S/C8H11BrN2O2/c1-11(4-3-10)8(12)6-2-5-13-7(6)9/h2,5H,3-4,10H2,1H3. The van der Waals surface area contributed by atoms with Gasteiger partial charge in [0.1, 0.15) is 0 Å². The molecule has 2 N–H and O–H groups in total. The highest BCUT2D eigenvalue weighted by Gasteiger charge is 2.15. The molecule has 1 rings (SSSR count). The first-order valence-electron chi connectivity index (χ1n) is 3.85. The molecule has 1 amide bonds. The van der Waals surface area contributed by atoms with Crippen LogP contribution >= 0.6 is 15.9 Å². The summed E-state index contributed by atoms with van der Waals surface area (Å²) >= 11 is 3.14. The van der Waals surface area contributed by atoms with Crippen molar-refractivity contribution >= 4 is 21.8 Å². The second-order valence-corrected chi connectivity index (χ2v) is 3.34. The molecule has 4 nitrogen and oxygen atoms in total. The van der Waals surface area contributed by atoms with E-state index in [1.807, 2.05) is 0 Å². The van der Waals surface area contributed by atoms with Gasteiger partial charge in [0.25, 0.3) is 5.91 Å². The Morgan fingerprint density at radius 2 is 2.46 bits per heavy atom. The topological polar surface area (TPSA) is 59.5 Å². The van der Waals surface area contributed by atoms with Crippen LogP contribution in [0.5, 0.6) is 0 Å². The Bertz CT molecular complexity index is 298. The number of hydrogen-bond donors (Lipinski definition) is 1. The number of carbonyl (C=O) groups is 1. The predicted octanol–water partition coefficient (Wildman–Crippen LogP) is 1.07. The zero-order valence-corrected chi connectivity index (χ0v) is 8.87. The number of hydrogen-bond acceptors (Lipinski definition) is 3. The number of nitrogens with zero attached hydrogens (tertiary/aromatic N) is 1. The van der Waals surface area contributed by atoms with Crippen molar-refractivity contribution in [2.24, 2.45) is 5.73 Å². The molecule has 0 atom stereocenters. The van der Waals surface area contributed by atoms with Crippen molar-refractivity contribution in [1.29, 1.82) is 0 Å². The molecule has 1 aromatic heterocycles. The second-order valence-electron chi connectivity index (χ2n) is 2.62. The smallest absolute Gasteiger partial charge is 0.258 e. The van der Waals surface area contributed by atoms with Crippen LogP contribution in [-0.4, -0.2) is 30.9 Å². The zero-order chi connectivity index (χ0) is 9.84. The summed E-state index contributed by atoms with van der Waals surface area (Å²) in [5, 5.41) is 0. The highest BCUT2D eigenvalue weighted by Crippen LogP contribution is 2.18. The van der Waals surface area contributed by atoms with Gasteiger partial charge in [-0.05, 0) is 22.0 Å². The van der Waals surface area contributed by atoms with E-state index in [1.54, 1.807) is 18.0 Å². The summed E-state index contributed by atoms with van der Waals surface area (Å²) in [6.07, 6.45) is 1.47. The molecule has 0 spiro atoms. The Morgan fingerprint density at radius 1 is 1.77 bits per heavy atom. The first kappa shape index (κ1) is 10.3. The average molecular weight is 247 g/mol. The first-order valence-corrected chi connectivity index (χ1v) is 4.64. The van der Waals surface area contributed by atoms with Gasteiger partial charge in [-0.25, -0.2) is 0 Å². The van der Waals surface area contributed by atoms with Gasteiger partial charge in [0.05, 0.1) is 11.8 Å². The van der Waals surface area contributed by atoms with Gasteiger partial charge in [0, 0.05) is 20.1 Å². The zero-order valence-electron chi connectivity index (χ0n) is 7.29. The fourth-order valence-electron chi connectivity index (χ4n) is 0.947. The number of rotatable bonds is 3. The van der Waals surface area contributed by atoms with E-state index in [0.717, 1.165) is 0 Å². The molecule has 0 aliphatic rings. The molecule has 0 saturated heterocycles. The normalized spacial score (nSPS) is 10.1. The minimum absolute atomic E-state index is 0.0916. The molecule has 0 bridgehead atoms. The van der Waals surface area contributed by atoms with Crippen LogP contribution in [0.15, 0.2) is 21.4 Å². The molecule has 72 valence electrons. The first-order chi connectivity index (χ1) is 6.16. The summed E-state index contributed by atoms with van der Waals surface area (Å²) in [4.78, 5) is 13.1. The Balaban J connectivity index is 2.73. The maximum Gasteiger partial charge on any atom is 0.258 e. The van der Waals surface area contributed by atoms with Gasteiger partial charge in [-0.15, -0.1) is 0 Å². The minimum atomic E-state index is -0.0916. The Morgan fingerprint density at radius 3 is 2.92 bits per heavy atom. The van der Waals surface area contributed by atoms with Gasteiger partial charge in [0.2, 0.25) is 0 Å². The maximum atomic E-state index is 11.6. The van der Waals surface area contributed by atoms with Gasteiger partial charge in [0.15, 0.2) is 4.67 Å². The predicted molar refractivity (Wildman–Crippen MR) is 52.4 cm³/mol. The van der Waals surface area contributed by atoms with Crippen LogP contribution in [-0.2, 0) is 0 Å². The molecule has 1 aromatic rings. The maximum absolute atomic E-state index is 11.6. The van der Waals surface area contributed by atoms with E-state index >= 15 is 0 Å². The van der Waals surface area contributed by atoms with Crippen molar-refractivity contribution < 1.29 is 9.21 Å². The Kier molecular flexibility index (Phi) is 3.50. The van der Waals surface area contributed by atoms with Crippen LogP contribution in [0.25, 0.3) is 0 Å². The van der Waals surface area contributed by atoms with Crippen LogP contribution in [0.3, 0.4) is 0 Å². The summed E-state index contributed by atoms with van der Waals surface area (Å²) in [5.74, 6) is -0.0916. The molecule has 0 saturated carbocycles. The van der Waals surface area contributed by atoms with Crippen molar-refractivity contribution in [2.75, 3.05) is 20.1 Å². The molecule has 5 heteroatoms. The van der Waals surface area contributed by atoms with Crippen molar-refractivity contribution in [3.8, 4) is 0 Å². The molecule has 13 heavy (non-hydrogen) atoms. The largest absolute Gasteiger partial charge is 0.457 e. The quantitative estimate of drug-likeness (QED) is 0.869. The third-order valence-corrected chi connectivity index (χ3v) is 2.27. The highest BCUT2D eigenvalue weighted by molar-refractivity contribution is 9.10. The number of likely N-dealkylation sites (N-methyl/N-ethyl adjacent to an activating group) is 1. The van der Waals surface area contributed by atoms with Crippen molar-refractivity contribution in [3.05, 3.63) is 22.6 Å². The molecule has 0 radical (unpaired) electrons. The minimum Gasteiger partial charge on any atom is -0.457 e. The molecule has 0 aliphatic carbocycles. The molecular formula is C8H11BrN2O2. The third kappa shape index (κ3) is 2.32. The summed E-state index contributed by atoms with van der Waals surface area (Å²) < 4.78 is 5.41. The van der Waals surface area contributed by atoms with Gasteiger partial charge in [-0.1, -0.05) is 0 Å². The molecule has 1 heterocycles. The van der Waals surface area contributed by atoms with E-state index < -0.39 is 0 Å². The lowest BCUT2D eigenvalue weighted by atomic mass is 10.3. The van der Waals surface area contributed by atoms with E-state index in [4.69, 9.17) is 10.2 Å². The number of carbonyl (C=O) groups excluding carboxylic acids is 1.